The molecule has 0 spiro atoms. The van der Waals surface area contributed by atoms with Crippen molar-refractivity contribution >= 4 is 10.9 Å². The van der Waals surface area contributed by atoms with Crippen LogP contribution in [0, 0.1) is 0 Å². The van der Waals surface area contributed by atoms with Crippen LogP contribution in [-0.2, 0) is 0 Å². The lowest BCUT2D eigenvalue weighted by atomic mass is 10.2. The Kier molecular flexibility index (Phi) is 3.35. The highest BCUT2D eigenvalue weighted by Crippen LogP contribution is 2.14. The Hall–Kier alpha value is -3.40. The van der Waals surface area contributed by atoms with Gasteiger partial charge in [0.1, 0.15) is 0 Å². The summed E-state index contributed by atoms with van der Waals surface area (Å²) in [5.74, 6) is 0. The summed E-state index contributed by atoms with van der Waals surface area (Å²) in [6.45, 7) is 0. The van der Waals surface area contributed by atoms with Crippen LogP contribution in [0.3, 0.4) is 0 Å². The normalized spacial score (nSPS) is 10.8. The summed E-state index contributed by atoms with van der Waals surface area (Å²) in [6, 6.07) is 25.5. The van der Waals surface area contributed by atoms with Crippen LogP contribution in [0.4, 0.5) is 0 Å². The van der Waals surface area contributed by atoms with Gasteiger partial charge in [-0.2, -0.15) is 0 Å². The number of nitrogens with zero attached hydrogens (tertiary/aromatic N) is 2. The van der Waals surface area contributed by atoms with Crippen molar-refractivity contribution in [2.45, 2.75) is 0 Å². The van der Waals surface area contributed by atoms with Crippen LogP contribution in [0.2, 0.25) is 0 Å². The molecule has 4 rings (SSSR count). The maximum Gasteiger partial charge on any atom is 0.340 e. The first-order valence-corrected chi connectivity index (χ1v) is 7.65. The second-order valence-corrected chi connectivity index (χ2v) is 5.45. The molecule has 0 aliphatic rings. The number of aromatic nitrogens is 2. The van der Waals surface area contributed by atoms with E-state index in [1.54, 1.807) is 34.9 Å². The van der Waals surface area contributed by atoms with Gasteiger partial charge in [-0.05, 0) is 36.4 Å². The molecular weight excluding hydrogens is 300 g/mol. The van der Waals surface area contributed by atoms with Crippen LogP contribution in [-0.4, -0.2) is 9.13 Å². The molecule has 116 valence electrons. The van der Waals surface area contributed by atoms with E-state index < -0.39 is 0 Å². The fourth-order valence-electron chi connectivity index (χ4n) is 2.89. The average molecular weight is 314 g/mol. The third-order valence-corrected chi connectivity index (χ3v) is 3.99. The van der Waals surface area contributed by atoms with Gasteiger partial charge in [0.05, 0.1) is 22.3 Å². The molecule has 0 fully saturated rings. The average Bonchev–Trinajstić information content (AvgIpc) is 2.64. The minimum atomic E-state index is -0.379. The summed E-state index contributed by atoms with van der Waals surface area (Å²) in [5.41, 5.74) is 1.20. The van der Waals surface area contributed by atoms with Crippen molar-refractivity contribution in [1.29, 1.82) is 0 Å². The molecule has 4 nitrogen and oxygen atoms in total. The van der Waals surface area contributed by atoms with E-state index in [-0.39, 0.29) is 11.2 Å². The first-order valence-electron chi connectivity index (χ1n) is 7.65. The van der Waals surface area contributed by atoms with Crippen LogP contribution >= 0.6 is 0 Å². The monoisotopic (exact) mass is 314 g/mol. The van der Waals surface area contributed by atoms with E-state index in [2.05, 4.69) is 0 Å². The molecule has 0 aliphatic heterocycles. The van der Waals surface area contributed by atoms with Crippen molar-refractivity contribution in [1.82, 2.24) is 9.13 Å². The lowest BCUT2D eigenvalue weighted by Gasteiger charge is -2.14. The highest BCUT2D eigenvalue weighted by Gasteiger charge is 2.14. The number of benzene rings is 3. The molecule has 0 amide bonds. The zero-order chi connectivity index (χ0) is 16.5. The molecule has 4 heteroatoms. The molecule has 0 unspecified atom stereocenters. The minimum absolute atomic E-state index is 0.311. The molecule has 0 saturated heterocycles. The number of hydrogen-bond donors (Lipinski definition) is 0. The molecule has 0 saturated carbocycles. The second kappa shape index (κ2) is 5.66. The first-order chi connectivity index (χ1) is 11.8. The zero-order valence-electron chi connectivity index (χ0n) is 12.8. The second-order valence-electron chi connectivity index (χ2n) is 5.45. The molecule has 0 aliphatic carbocycles. The summed E-state index contributed by atoms with van der Waals surface area (Å²) in [5, 5.41) is 0.504. The predicted octanol–water partition coefficient (Wildman–Crippen LogP) is 3.14. The molecule has 0 atom stereocenters. The highest BCUT2D eigenvalue weighted by molar-refractivity contribution is 5.80. The molecule has 1 heterocycles. The van der Waals surface area contributed by atoms with Gasteiger partial charge in [0.15, 0.2) is 0 Å². The smallest absolute Gasteiger partial charge is 0.268 e. The van der Waals surface area contributed by atoms with Crippen LogP contribution in [0.1, 0.15) is 0 Å². The lowest BCUT2D eigenvalue weighted by Crippen LogP contribution is -2.38. The van der Waals surface area contributed by atoms with Gasteiger partial charge in [-0.15, -0.1) is 0 Å². The van der Waals surface area contributed by atoms with Crippen molar-refractivity contribution in [2.75, 3.05) is 0 Å². The summed E-state index contributed by atoms with van der Waals surface area (Å²) < 4.78 is 2.79. The van der Waals surface area contributed by atoms with Crippen LogP contribution < -0.4 is 11.2 Å². The third kappa shape index (κ3) is 2.16. The maximum atomic E-state index is 13.1. The number of para-hydroxylation sites is 3. The quantitative estimate of drug-likeness (QED) is 0.570. The van der Waals surface area contributed by atoms with E-state index in [4.69, 9.17) is 0 Å². The van der Waals surface area contributed by atoms with E-state index >= 15 is 0 Å². The predicted molar refractivity (Wildman–Crippen MR) is 95.1 cm³/mol. The van der Waals surface area contributed by atoms with E-state index in [0.29, 0.717) is 16.6 Å². The summed E-state index contributed by atoms with van der Waals surface area (Å²) in [6.07, 6.45) is 0. The van der Waals surface area contributed by atoms with Crippen molar-refractivity contribution in [3.63, 3.8) is 0 Å². The largest absolute Gasteiger partial charge is 0.340 e. The van der Waals surface area contributed by atoms with Gasteiger partial charge in [0.2, 0.25) is 0 Å². The molecule has 1 aromatic heterocycles. The topological polar surface area (TPSA) is 44.0 Å². The number of rotatable bonds is 2. The van der Waals surface area contributed by atoms with Crippen LogP contribution in [0.5, 0.6) is 0 Å². The van der Waals surface area contributed by atoms with Crippen LogP contribution in [0.25, 0.3) is 22.3 Å². The Balaban J connectivity index is 2.21. The van der Waals surface area contributed by atoms with E-state index in [9.17, 15) is 9.59 Å². The zero-order valence-corrected chi connectivity index (χ0v) is 12.8. The van der Waals surface area contributed by atoms with Crippen LogP contribution in [0.15, 0.2) is 94.5 Å². The third-order valence-electron chi connectivity index (χ3n) is 3.99. The molecular formula is C20H14N2O2. The van der Waals surface area contributed by atoms with E-state index in [1.807, 2.05) is 54.6 Å². The Morgan fingerprint density at radius 3 is 1.67 bits per heavy atom. The molecule has 0 bridgehead atoms. The van der Waals surface area contributed by atoms with E-state index in [1.165, 1.54) is 4.57 Å². The number of hydrogen-bond acceptors (Lipinski definition) is 2. The van der Waals surface area contributed by atoms with Gasteiger partial charge < -0.3 is 0 Å². The molecule has 0 radical (unpaired) electrons. The van der Waals surface area contributed by atoms with Gasteiger partial charge in [0, 0.05) is 0 Å². The Bertz CT molecular complexity index is 1130. The maximum absolute atomic E-state index is 13.1. The number of fused-ring (bicyclic) bond motifs is 1. The summed E-state index contributed by atoms with van der Waals surface area (Å²) in [4.78, 5) is 26.0. The SMILES string of the molecule is O=c1c2ccccc2n(-c2ccccc2)c(=O)n1-c1ccccc1. The Labute approximate surface area is 137 Å². The minimum Gasteiger partial charge on any atom is -0.268 e. The van der Waals surface area contributed by atoms with Gasteiger partial charge in [-0.3, -0.25) is 9.36 Å². The van der Waals surface area contributed by atoms with E-state index in [0.717, 1.165) is 5.69 Å². The van der Waals surface area contributed by atoms with Crippen molar-refractivity contribution in [2.24, 2.45) is 0 Å². The van der Waals surface area contributed by atoms with Gasteiger partial charge >= 0.3 is 5.69 Å². The molecule has 24 heavy (non-hydrogen) atoms. The fraction of sp³-hybridized carbons (Fsp3) is 0. The van der Waals surface area contributed by atoms with Crippen molar-refractivity contribution in [3.05, 3.63) is 106 Å². The first kappa shape index (κ1) is 14.2. The summed E-state index contributed by atoms with van der Waals surface area (Å²) in [7, 11) is 0. The van der Waals surface area contributed by atoms with Crippen molar-refractivity contribution in [3.8, 4) is 11.4 Å². The fourth-order valence-corrected chi connectivity index (χ4v) is 2.89. The Morgan fingerprint density at radius 2 is 1.04 bits per heavy atom. The van der Waals surface area contributed by atoms with Gasteiger partial charge in [-0.25, -0.2) is 9.36 Å². The molecule has 0 N–H and O–H groups in total. The molecule has 3 aromatic carbocycles. The van der Waals surface area contributed by atoms with Gasteiger partial charge in [-0.1, -0.05) is 48.5 Å². The molecule has 4 aromatic rings. The lowest BCUT2D eigenvalue weighted by molar-refractivity contribution is 0.835. The van der Waals surface area contributed by atoms with Gasteiger partial charge in [0.25, 0.3) is 5.56 Å². The highest BCUT2D eigenvalue weighted by atomic mass is 16.2. The Morgan fingerprint density at radius 1 is 0.542 bits per heavy atom. The standard InChI is InChI=1S/C20H14N2O2/c23-19-17-13-7-8-14-18(17)21(15-9-3-1-4-10-15)20(24)22(19)16-11-5-2-6-12-16/h1-14H. The van der Waals surface area contributed by atoms with Crippen molar-refractivity contribution < 1.29 is 0 Å². The summed E-state index contributed by atoms with van der Waals surface area (Å²) >= 11 is 0.